The Labute approximate surface area is 187 Å². The van der Waals surface area contributed by atoms with Crippen molar-refractivity contribution in [3.63, 3.8) is 0 Å². The molecule has 0 spiro atoms. The Morgan fingerprint density at radius 3 is 2.50 bits per heavy atom. The molecular formula is C25H27N5O2. The number of fused-ring (bicyclic) bond motifs is 1. The fourth-order valence-corrected chi connectivity index (χ4v) is 4.32. The molecule has 1 aliphatic heterocycles. The number of rotatable bonds is 4. The van der Waals surface area contributed by atoms with E-state index in [0.717, 1.165) is 29.6 Å². The van der Waals surface area contributed by atoms with Crippen LogP contribution in [0.1, 0.15) is 33.1 Å². The first kappa shape index (κ1) is 20.5. The Kier molecular flexibility index (Phi) is 5.27. The van der Waals surface area contributed by atoms with Gasteiger partial charge >= 0.3 is 0 Å². The molecule has 0 unspecified atom stereocenters. The lowest BCUT2D eigenvalue weighted by atomic mass is 10.1. The number of benzene rings is 2. The quantitative estimate of drug-likeness (QED) is 0.528. The fraction of sp³-hybridized carbons (Fsp3) is 0.320. The smallest absolute Gasteiger partial charge is 0.270 e. The van der Waals surface area contributed by atoms with Gasteiger partial charge in [-0.05, 0) is 44.0 Å². The van der Waals surface area contributed by atoms with Gasteiger partial charge in [0.1, 0.15) is 5.69 Å². The molecule has 0 bridgehead atoms. The number of aryl methyl sites for hydroxylation is 3. The van der Waals surface area contributed by atoms with Gasteiger partial charge in [-0.3, -0.25) is 9.69 Å². The number of piperazine rings is 1. The number of nitrogens with one attached hydrogen (secondary N) is 1. The lowest BCUT2D eigenvalue weighted by Crippen LogP contribution is -2.48. The van der Waals surface area contributed by atoms with Crippen molar-refractivity contribution in [1.82, 2.24) is 24.9 Å². The summed E-state index contributed by atoms with van der Waals surface area (Å²) in [6.07, 6.45) is 0. The summed E-state index contributed by atoms with van der Waals surface area (Å²) >= 11 is 0. The first-order valence-corrected chi connectivity index (χ1v) is 11.0. The molecule has 0 radical (unpaired) electrons. The average Bonchev–Trinajstić information content (AvgIpc) is 3.42. The molecule has 2 aromatic heterocycles. The Hall–Kier alpha value is -3.45. The monoisotopic (exact) mass is 429 g/mol. The van der Waals surface area contributed by atoms with Crippen LogP contribution in [-0.2, 0) is 6.54 Å². The molecule has 1 aliphatic rings. The second-order valence-electron chi connectivity index (χ2n) is 8.67. The number of aromatic nitrogens is 3. The summed E-state index contributed by atoms with van der Waals surface area (Å²) in [5.74, 6) is 1.26. The van der Waals surface area contributed by atoms with Crippen LogP contribution in [0, 0.1) is 20.8 Å². The van der Waals surface area contributed by atoms with E-state index in [1.54, 1.807) is 0 Å². The van der Waals surface area contributed by atoms with Crippen LogP contribution in [0.4, 0.5) is 0 Å². The SMILES string of the molecule is Cc1ccc(-c2noc(CN3CCN(C(=O)c4cc5c(C)cc(C)cc5[nH]4)CC3)n2)cc1. The number of nitrogens with zero attached hydrogens (tertiary/aromatic N) is 4. The summed E-state index contributed by atoms with van der Waals surface area (Å²) in [6, 6.07) is 14.3. The highest BCUT2D eigenvalue weighted by molar-refractivity contribution is 5.99. The maximum Gasteiger partial charge on any atom is 0.270 e. The molecule has 32 heavy (non-hydrogen) atoms. The number of carbonyl (C=O) groups is 1. The zero-order valence-electron chi connectivity index (χ0n) is 18.7. The van der Waals surface area contributed by atoms with Crippen molar-refractivity contribution >= 4 is 16.8 Å². The summed E-state index contributed by atoms with van der Waals surface area (Å²) in [5, 5.41) is 5.23. The zero-order valence-corrected chi connectivity index (χ0v) is 18.7. The minimum Gasteiger partial charge on any atom is -0.351 e. The van der Waals surface area contributed by atoms with E-state index in [1.807, 2.05) is 35.2 Å². The van der Waals surface area contributed by atoms with Gasteiger partial charge in [0.2, 0.25) is 11.7 Å². The van der Waals surface area contributed by atoms with Crippen molar-refractivity contribution in [3.05, 3.63) is 70.7 Å². The van der Waals surface area contributed by atoms with Crippen LogP contribution in [-0.4, -0.2) is 57.0 Å². The Morgan fingerprint density at radius 2 is 1.75 bits per heavy atom. The van der Waals surface area contributed by atoms with Gasteiger partial charge in [-0.25, -0.2) is 0 Å². The maximum absolute atomic E-state index is 13.1. The highest BCUT2D eigenvalue weighted by Crippen LogP contribution is 2.23. The number of carbonyl (C=O) groups excluding carboxylic acids is 1. The van der Waals surface area contributed by atoms with E-state index < -0.39 is 0 Å². The van der Waals surface area contributed by atoms with Crippen LogP contribution in [0.2, 0.25) is 0 Å². The highest BCUT2D eigenvalue weighted by Gasteiger charge is 2.24. The zero-order chi connectivity index (χ0) is 22.2. The van der Waals surface area contributed by atoms with E-state index in [-0.39, 0.29) is 5.91 Å². The van der Waals surface area contributed by atoms with Gasteiger partial charge in [0.05, 0.1) is 6.54 Å². The van der Waals surface area contributed by atoms with Crippen molar-refractivity contribution < 1.29 is 9.32 Å². The molecule has 1 N–H and O–H groups in total. The highest BCUT2D eigenvalue weighted by atomic mass is 16.5. The van der Waals surface area contributed by atoms with Crippen LogP contribution in [0.25, 0.3) is 22.3 Å². The molecule has 0 aliphatic carbocycles. The molecule has 1 amide bonds. The van der Waals surface area contributed by atoms with Gasteiger partial charge in [-0.2, -0.15) is 4.98 Å². The summed E-state index contributed by atoms with van der Waals surface area (Å²) in [7, 11) is 0. The third kappa shape index (κ3) is 4.03. The third-order valence-electron chi connectivity index (χ3n) is 6.12. The lowest BCUT2D eigenvalue weighted by molar-refractivity contribution is 0.0610. The van der Waals surface area contributed by atoms with E-state index in [0.29, 0.717) is 37.0 Å². The van der Waals surface area contributed by atoms with Crippen molar-refractivity contribution in [1.29, 1.82) is 0 Å². The molecule has 1 fully saturated rings. The number of amides is 1. The summed E-state index contributed by atoms with van der Waals surface area (Å²) in [6.45, 7) is 9.68. The van der Waals surface area contributed by atoms with Crippen molar-refractivity contribution in [2.45, 2.75) is 27.3 Å². The molecule has 5 rings (SSSR count). The van der Waals surface area contributed by atoms with E-state index in [2.05, 4.69) is 52.9 Å². The van der Waals surface area contributed by atoms with Gasteiger partial charge in [-0.1, -0.05) is 41.1 Å². The standard InChI is InChI=1S/C25H27N5O2/c1-16-4-6-19(7-5-16)24-27-23(32-28-24)15-29-8-10-30(11-9-29)25(31)22-14-20-18(3)12-17(2)13-21(20)26-22/h4-7,12-14,26H,8-11,15H2,1-3H3. The van der Waals surface area contributed by atoms with Crippen LogP contribution in [0.15, 0.2) is 47.0 Å². The number of H-pyrrole nitrogens is 1. The molecule has 4 aromatic rings. The third-order valence-corrected chi connectivity index (χ3v) is 6.12. The largest absolute Gasteiger partial charge is 0.351 e. The molecule has 7 heteroatoms. The first-order valence-electron chi connectivity index (χ1n) is 11.0. The number of aromatic amines is 1. The van der Waals surface area contributed by atoms with Gasteiger partial charge < -0.3 is 14.4 Å². The second-order valence-corrected chi connectivity index (χ2v) is 8.67. The maximum atomic E-state index is 13.1. The summed E-state index contributed by atoms with van der Waals surface area (Å²) in [5.41, 5.74) is 6.19. The Balaban J connectivity index is 1.20. The lowest BCUT2D eigenvalue weighted by Gasteiger charge is -2.33. The molecule has 0 atom stereocenters. The van der Waals surface area contributed by atoms with Crippen LogP contribution in [0.3, 0.4) is 0 Å². The van der Waals surface area contributed by atoms with Crippen molar-refractivity contribution in [3.8, 4) is 11.4 Å². The van der Waals surface area contributed by atoms with Gasteiger partial charge in [0.15, 0.2) is 0 Å². The van der Waals surface area contributed by atoms with E-state index in [9.17, 15) is 4.79 Å². The predicted octanol–water partition coefficient (Wildman–Crippen LogP) is 4.10. The molecule has 3 heterocycles. The van der Waals surface area contributed by atoms with E-state index >= 15 is 0 Å². The predicted molar refractivity (Wildman–Crippen MR) is 123 cm³/mol. The van der Waals surface area contributed by atoms with Gasteiger partial charge in [0.25, 0.3) is 5.91 Å². The summed E-state index contributed by atoms with van der Waals surface area (Å²) in [4.78, 5) is 25.1. The fourth-order valence-electron chi connectivity index (χ4n) is 4.32. The normalized spacial score (nSPS) is 14.9. The Morgan fingerprint density at radius 1 is 1.00 bits per heavy atom. The molecule has 0 saturated carbocycles. The van der Waals surface area contributed by atoms with Crippen molar-refractivity contribution in [2.24, 2.45) is 0 Å². The van der Waals surface area contributed by atoms with E-state index in [1.165, 1.54) is 16.7 Å². The molecule has 2 aromatic carbocycles. The van der Waals surface area contributed by atoms with Gasteiger partial charge in [-0.15, -0.1) is 0 Å². The van der Waals surface area contributed by atoms with Crippen molar-refractivity contribution in [2.75, 3.05) is 26.2 Å². The molecular weight excluding hydrogens is 402 g/mol. The van der Waals surface area contributed by atoms with Crippen LogP contribution in [0.5, 0.6) is 0 Å². The Bertz CT molecular complexity index is 1260. The summed E-state index contributed by atoms with van der Waals surface area (Å²) < 4.78 is 5.46. The minimum absolute atomic E-state index is 0.0531. The van der Waals surface area contributed by atoms with Crippen LogP contribution >= 0.6 is 0 Å². The molecule has 1 saturated heterocycles. The average molecular weight is 430 g/mol. The van der Waals surface area contributed by atoms with E-state index in [4.69, 9.17) is 4.52 Å². The second kappa shape index (κ2) is 8.24. The van der Waals surface area contributed by atoms with Gasteiger partial charge in [0, 0.05) is 42.6 Å². The first-order chi connectivity index (χ1) is 15.5. The van der Waals surface area contributed by atoms with Crippen LogP contribution < -0.4 is 0 Å². The molecule has 7 nitrogen and oxygen atoms in total. The molecule has 164 valence electrons. The minimum atomic E-state index is 0.0531. The topological polar surface area (TPSA) is 78.3 Å². The number of hydrogen-bond acceptors (Lipinski definition) is 5. The number of hydrogen-bond donors (Lipinski definition) is 1.